The number of aromatic nitrogens is 4. The number of benzene rings is 1. The van der Waals surface area contributed by atoms with E-state index in [1.54, 1.807) is 4.68 Å². The molecule has 21 heavy (non-hydrogen) atoms. The van der Waals surface area contributed by atoms with Crippen molar-refractivity contribution in [1.82, 2.24) is 25.5 Å². The van der Waals surface area contributed by atoms with Crippen LogP contribution in [0.5, 0.6) is 0 Å². The number of aryl methyl sites for hydroxylation is 2. The molecule has 0 saturated carbocycles. The van der Waals surface area contributed by atoms with Gasteiger partial charge >= 0.3 is 0 Å². The van der Waals surface area contributed by atoms with Gasteiger partial charge in [0.1, 0.15) is 0 Å². The average molecular weight is 287 g/mol. The van der Waals surface area contributed by atoms with E-state index in [4.69, 9.17) is 0 Å². The highest BCUT2D eigenvalue weighted by molar-refractivity contribution is 5.75. The summed E-state index contributed by atoms with van der Waals surface area (Å²) in [7, 11) is 0. The Morgan fingerprint density at radius 2 is 2.10 bits per heavy atom. The molecule has 1 amide bonds. The Balaban J connectivity index is 2.08. The van der Waals surface area contributed by atoms with Crippen LogP contribution in [0.1, 0.15) is 43.1 Å². The fraction of sp³-hybridized carbons (Fsp3) is 0.467. The highest BCUT2D eigenvalue weighted by atomic mass is 16.1. The van der Waals surface area contributed by atoms with Crippen molar-refractivity contribution in [1.29, 1.82) is 0 Å². The van der Waals surface area contributed by atoms with Crippen molar-refractivity contribution in [2.45, 2.75) is 46.6 Å². The molecule has 1 aromatic heterocycles. The van der Waals surface area contributed by atoms with Gasteiger partial charge in [-0.2, -0.15) is 4.68 Å². The summed E-state index contributed by atoms with van der Waals surface area (Å²) < 4.78 is 1.66. The van der Waals surface area contributed by atoms with E-state index in [0.29, 0.717) is 18.8 Å². The Morgan fingerprint density at radius 1 is 1.29 bits per heavy atom. The fourth-order valence-electron chi connectivity index (χ4n) is 1.98. The number of amides is 1. The van der Waals surface area contributed by atoms with Gasteiger partial charge in [0.15, 0.2) is 5.82 Å². The Labute approximate surface area is 124 Å². The molecule has 2 rings (SSSR count). The summed E-state index contributed by atoms with van der Waals surface area (Å²) in [6.45, 7) is 6.51. The average Bonchev–Trinajstić information content (AvgIpc) is 2.94. The third-order valence-electron chi connectivity index (χ3n) is 3.47. The molecular weight excluding hydrogens is 266 g/mol. The van der Waals surface area contributed by atoms with Gasteiger partial charge in [0, 0.05) is 6.42 Å². The minimum absolute atomic E-state index is 0.0338. The monoisotopic (exact) mass is 287 g/mol. The van der Waals surface area contributed by atoms with Crippen LogP contribution < -0.4 is 5.32 Å². The van der Waals surface area contributed by atoms with Crippen LogP contribution in [0.25, 0.3) is 5.69 Å². The lowest BCUT2D eigenvalue weighted by Gasteiger charge is -2.08. The molecule has 0 atom stereocenters. The third kappa shape index (κ3) is 3.87. The van der Waals surface area contributed by atoms with Crippen LogP contribution in [0.3, 0.4) is 0 Å². The minimum Gasteiger partial charge on any atom is -0.349 e. The first-order valence-electron chi connectivity index (χ1n) is 7.23. The van der Waals surface area contributed by atoms with Crippen LogP contribution in [-0.2, 0) is 11.3 Å². The van der Waals surface area contributed by atoms with Crippen LogP contribution in [0.4, 0.5) is 0 Å². The fourth-order valence-corrected chi connectivity index (χ4v) is 1.98. The normalized spacial score (nSPS) is 10.6. The zero-order chi connectivity index (χ0) is 15.2. The van der Waals surface area contributed by atoms with Crippen molar-refractivity contribution in [2.24, 2.45) is 0 Å². The molecule has 1 aromatic carbocycles. The molecule has 0 radical (unpaired) electrons. The van der Waals surface area contributed by atoms with Gasteiger partial charge < -0.3 is 5.32 Å². The topological polar surface area (TPSA) is 72.7 Å². The van der Waals surface area contributed by atoms with Gasteiger partial charge in [0.05, 0.1) is 12.2 Å². The summed E-state index contributed by atoms with van der Waals surface area (Å²) in [6, 6.07) is 6.05. The predicted octanol–water partition coefficient (Wildman–Crippen LogP) is 2.09. The number of rotatable bonds is 6. The molecule has 1 N–H and O–H groups in total. The number of unbranched alkanes of at least 4 members (excludes halogenated alkanes) is 1. The van der Waals surface area contributed by atoms with Gasteiger partial charge in [-0.05, 0) is 54.0 Å². The van der Waals surface area contributed by atoms with Gasteiger partial charge in [0.2, 0.25) is 5.91 Å². The third-order valence-corrected chi connectivity index (χ3v) is 3.47. The highest BCUT2D eigenvalue weighted by Crippen LogP contribution is 2.14. The number of hydrogen-bond acceptors (Lipinski definition) is 4. The molecule has 112 valence electrons. The number of carbonyl (C=O) groups excluding carboxylic acids is 1. The minimum atomic E-state index is 0.0338. The summed E-state index contributed by atoms with van der Waals surface area (Å²) in [5.41, 5.74) is 3.31. The molecule has 1 heterocycles. The number of nitrogens with one attached hydrogen (secondary N) is 1. The maximum absolute atomic E-state index is 11.7. The molecule has 0 bridgehead atoms. The highest BCUT2D eigenvalue weighted by Gasteiger charge is 2.10. The van der Waals surface area contributed by atoms with Crippen LogP contribution in [-0.4, -0.2) is 26.1 Å². The van der Waals surface area contributed by atoms with E-state index in [9.17, 15) is 4.79 Å². The molecule has 6 nitrogen and oxygen atoms in total. The zero-order valence-corrected chi connectivity index (χ0v) is 12.8. The number of hydrogen-bond donors (Lipinski definition) is 1. The van der Waals surface area contributed by atoms with Crippen LogP contribution >= 0.6 is 0 Å². The van der Waals surface area contributed by atoms with Crippen molar-refractivity contribution < 1.29 is 4.79 Å². The van der Waals surface area contributed by atoms with E-state index >= 15 is 0 Å². The van der Waals surface area contributed by atoms with E-state index < -0.39 is 0 Å². The molecule has 0 fully saturated rings. The van der Waals surface area contributed by atoms with Crippen LogP contribution in [0, 0.1) is 13.8 Å². The van der Waals surface area contributed by atoms with Crippen LogP contribution in [0.2, 0.25) is 0 Å². The van der Waals surface area contributed by atoms with Crippen molar-refractivity contribution >= 4 is 5.91 Å². The molecule has 0 spiro atoms. The maximum atomic E-state index is 11.7. The lowest BCUT2D eigenvalue weighted by Crippen LogP contribution is -2.24. The lowest BCUT2D eigenvalue weighted by molar-refractivity contribution is -0.121. The first-order chi connectivity index (χ1) is 10.1. The summed E-state index contributed by atoms with van der Waals surface area (Å²) in [4.78, 5) is 11.7. The number of nitrogens with zero attached hydrogens (tertiary/aromatic N) is 4. The Morgan fingerprint density at radius 3 is 2.81 bits per heavy atom. The maximum Gasteiger partial charge on any atom is 0.220 e. The molecule has 0 saturated heterocycles. The van der Waals surface area contributed by atoms with Gasteiger partial charge in [-0.3, -0.25) is 4.79 Å². The zero-order valence-electron chi connectivity index (χ0n) is 12.8. The molecule has 0 aliphatic carbocycles. The van der Waals surface area contributed by atoms with Crippen molar-refractivity contribution in [3.05, 3.63) is 35.2 Å². The predicted molar refractivity (Wildman–Crippen MR) is 80.0 cm³/mol. The first kappa shape index (κ1) is 15.2. The molecule has 0 aliphatic rings. The van der Waals surface area contributed by atoms with Crippen molar-refractivity contribution in [3.63, 3.8) is 0 Å². The lowest BCUT2D eigenvalue weighted by atomic mass is 10.1. The van der Waals surface area contributed by atoms with E-state index in [-0.39, 0.29) is 5.91 Å². The largest absolute Gasteiger partial charge is 0.349 e. The summed E-state index contributed by atoms with van der Waals surface area (Å²) in [6.07, 6.45) is 2.45. The van der Waals surface area contributed by atoms with E-state index in [0.717, 1.165) is 18.5 Å². The summed E-state index contributed by atoms with van der Waals surface area (Å²) in [5.74, 6) is 0.662. The molecule has 0 aliphatic heterocycles. The molecule has 6 heteroatoms. The van der Waals surface area contributed by atoms with Gasteiger partial charge in [-0.1, -0.05) is 19.4 Å². The number of tetrazole rings is 1. The summed E-state index contributed by atoms with van der Waals surface area (Å²) in [5, 5.41) is 14.5. The first-order valence-corrected chi connectivity index (χ1v) is 7.23. The van der Waals surface area contributed by atoms with Gasteiger partial charge in [0.25, 0.3) is 0 Å². The quantitative estimate of drug-likeness (QED) is 0.883. The molecular formula is C15H21N5O. The SMILES string of the molecule is CCCCC(=O)NCc1nnnn1-c1ccc(C)c(C)c1. The number of carbonyl (C=O) groups is 1. The van der Waals surface area contributed by atoms with E-state index in [1.165, 1.54) is 11.1 Å². The van der Waals surface area contributed by atoms with Crippen molar-refractivity contribution in [2.75, 3.05) is 0 Å². The standard InChI is InChI=1S/C15H21N5O/c1-4-5-6-15(21)16-10-14-17-18-19-20(14)13-8-7-11(2)12(3)9-13/h7-9H,4-6,10H2,1-3H3,(H,16,21). The second kappa shape index (κ2) is 6.97. The molecule has 2 aromatic rings. The second-order valence-electron chi connectivity index (χ2n) is 5.16. The van der Waals surface area contributed by atoms with Crippen LogP contribution in [0.15, 0.2) is 18.2 Å². The Kier molecular flexibility index (Phi) is 5.03. The smallest absolute Gasteiger partial charge is 0.220 e. The van der Waals surface area contributed by atoms with Gasteiger partial charge in [-0.25, -0.2) is 0 Å². The Hall–Kier alpha value is -2.24. The van der Waals surface area contributed by atoms with Gasteiger partial charge in [-0.15, -0.1) is 5.10 Å². The summed E-state index contributed by atoms with van der Waals surface area (Å²) >= 11 is 0. The molecule has 0 unspecified atom stereocenters. The van der Waals surface area contributed by atoms with E-state index in [2.05, 4.69) is 41.6 Å². The van der Waals surface area contributed by atoms with Crippen molar-refractivity contribution in [3.8, 4) is 5.69 Å². The second-order valence-corrected chi connectivity index (χ2v) is 5.16. The Bertz CT molecular complexity index is 620. The van der Waals surface area contributed by atoms with E-state index in [1.807, 2.05) is 18.2 Å².